The van der Waals surface area contributed by atoms with Crippen LogP contribution in [-0.4, -0.2) is 96.7 Å². The molecule has 81 heavy (non-hydrogen) atoms. The van der Waals surface area contributed by atoms with Crippen molar-refractivity contribution in [1.29, 1.82) is 0 Å². The molecule has 0 aliphatic carbocycles. The first kappa shape index (κ1) is 79.1. The molecule has 0 saturated heterocycles. The normalized spacial score (nSPS) is 14.7. The standard InChI is InChI=1S/C62H120O17P2/c1-7-10-12-14-15-27-34-40-46-61(66)78-57(50-72-59(64)44-38-30-13-11-8-2)52-76-80(68,69)74-48-56(63)49-75-81(70,71)77-53-58(79-62(67)47-41-35-29-24-18-16-17-21-25-31-36-42-54(4)5)51-73-60(65)45-39-33-28-23-20-19-22-26-32-37-43-55(6)9-3/h54-58,63H,7-53H2,1-6H3,(H,68,69)(H,70,71)/t55?,56-,57+,58+/m0/s1. The number of carbonyl (C=O) groups excluding carboxylic acids is 4. The fourth-order valence-electron chi connectivity index (χ4n) is 9.15. The van der Waals surface area contributed by atoms with E-state index in [2.05, 4.69) is 41.5 Å². The summed E-state index contributed by atoms with van der Waals surface area (Å²) in [5.74, 6) is -0.574. The minimum absolute atomic E-state index is 0.104. The van der Waals surface area contributed by atoms with Crippen LogP contribution in [0, 0.1) is 11.8 Å². The van der Waals surface area contributed by atoms with E-state index < -0.39 is 97.5 Å². The van der Waals surface area contributed by atoms with Crippen molar-refractivity contribution < 1.29 is 80.2 Å². The molecule has 3 N–H and O–H groups in total. The summed E-state index contributed by atoms with van der Waals surface area (Å²) in [7, 11) is -9.87. The van der Waals surface area contributed by atoms with Crippen molar-refractivity contribution >= 4 is 39.5 Å². The van der Waals surface area contributed by atoms with Gasteiger partial charge in [0.1, 0.15) is 19.3 Å². The third-order valence-corrected chi connectivity index (χ3v) is 16.5. The van der Waals surface area contributed by atoms with Gasteiger partial charge in [0.2, 0.25) is 0 Å². The van der Waals surface area contributed by atoms with Gasteiger partial charge in [-0.2, -0.15) is 0 Å². The van der Waals surface area contributed by atoms with Gasteiger partial charge in [0, 0.05) is 25.7 Å². The number of aliphatic hydroxyl groups excluding tert-OH is 1. The summed E-state index contributed by atoms with van der Waals surface area (Å²) in [4.78, 5) is 71.8. The van der Waals surface area contributed by atoms with Crippen LogP contribution in [0.2, 0.25) is 0 Å². The van der Waals surface area contributed by atoms with Crippen LogP contribution >= 0.6 is 15.6 Å². The van der Waals surface area contributed by atoms with Gasteiger partial charge in [0.05, 0.1) is 26.4 Å². The fourth-order valence-corrected chi connectivity index (χ4v) is 10.7. The van der Waals surface area contributed by atoms with Crippen LogP contribution < -0.4 is 0 Å². The number of ether oxygens (including phenoxy) is 4. The summed E-state index contributed by atoms with van der Waals surface area (Å²) in [6.07, 6.45) is 36.5. The molecule has 480 valence electrons. The number of esters is 4. The predicted octanol–water partition coefficient (Wildman–Crippen LogP) is 16.9. The Hall–Kier alpha value is -1.94. The zero-order valence-electron chi connectivity index (χ0n) is 52.1. The average Bonchev–Trinajstić information content (AvgIpc) is 3.43. The maximum Gasteiger partial charge on any atom is 0.472 e. The van der Waals surface area contributed by atoms with Gasteiger partial charge in [-0.15, -0.1) is 0 Å². The molecule has 19 heteroatoms. The Morgan fingerprint density at radius 3 is 0.938 bits per heavy atom. The van der Waals surface area contributed by atoms with Crippen LogP contribution in [0.1, 0.15) is 305 Å². The number of unbranched alkanes of at least 4 members (excludes halogenated alkanes) is 30. The van der Waals surface area contributed by atoms with Crippen molar-refractivity contribution in [3.05, 3.63) is 0 Å². The first-order chi connectivity index (χ1) is 38.9. The second kappa shape index (κ2) is 54.7. The molecule has 0 bridgehead atoms. The number of aliphatic hydroxyl groups is 1. The molecule has 17 nitrogen and oxygen atoms in total. The highest BCUT2D eigenvalue weighted by Crippen LogP contribution is 2.45. The van der Waals surface area contributed by atoms with E-state index in [1.165, 1.54) is 109 Å². The summed E-state index contributed by atoms with van der Waals surface area (Å²) in [5.41, 5.74) is 0. The van der Waals surface area contributed by atoms with Crippen LogP contribution in [0.4, 0.5) is 0 Å². The minimum Gasteiger partial charge on any atom is -0.462 e. The molecule has 0 amide bonds. The topological polar surface area (TPSA) is 237 Å². The molecular formula is C62H120O17P2. The third kappa shape index (κ3) is 55.7. The highest BCUT2D eigenvalue weighted by Gasteiger charge is 2.30. The van der Waals surface area contributed by atoms with E-state index in [1.54, 1.807) is 0 Å². The van der Waals surface area contributed by atoms with Crippen molar-refractivity contribution in [3.8, 4) is 0 Å². The Morgan fingerprint density at radius 2 is 0.630 bits per heavy atom. The Bertz CT molecular complexity index is 1600. The maximum atomic E-state index is 13.0. The number of carbonyl (C=O) groups is 4. The minimum atomic E-state index is -4.94. The van der Waals surface area contributed by atoms with Crippen LogP contribution in [0.15, 0.2) is 0 Å². The van der Waals surface area contributed by atoms with E-state index in [-0.39, 0.29) is 25.7 Å². The Balaban J connectivity index is 5.17. The third-order valence-electron chi connectivity index (χ3n) is 14.6. The van der Waals surface area contributed by atoms with Crippen LogP contribution in [0.25, 0.3) is 0 Å². The number of phosphoric acid groups is 2. The number of hydrogen-bond acceptors (Lipinski definition) is 15. The molecule has 0 aliphatic rings. The van der Waals surface area contributed by atoms with Crippen molar-refractivity contribution in [3.63, 3.8) is 0 Å². The molecule has 3 unspecified atom stereocenters. The first-order valence-corrected chi connectivity index (χ1v) is 35.5. The lowest BCUT2D eigenvalue weighted by Crippen LogP contribution is -2.30. The van der Waals surface area contributed by atoms with Gasteiger partial charge < -0.3 is 33.8 Å². The SMILES string of the molecule is CCCCCCCCCCC(=O)O[C@H](COC(=O)CCCCCCC)COP(=O)(O)OC[C@H](O)COP(=O)(O)OC[C@@H](COC(=O)CCCCCCCCCCCCC(C)CC)OC(=O)CCCCCCCCCCCCCC(C)C. The number of phosphoric ester groups is 2. The monoisotopic (exact) mass is 1200 g/mol. The average molecular weight is 1200 g/mol. The smallest absolute Gasteiger partial charge is 0.462 e. The van der Waals surface area contributed by atoms with E-state index in [4.69, 9.17) is 37.0 Å². The molecule has 0 aliphatic heterocycles. The van der Waals surface area contributed by atoms with Gasteiger partial charge in [-0.3, -0.25) is 37.3 Å². The quantitative estimate of drug-likeness (QED) is 0.0222. The largest absolute Gasteiger partial charge is 0.472 e. The Morgan fingerprint density at radius 1 is 0.358 bits per heavy atom. The molecule has 0 rings (SSSR count). The van der Waals surface area contributed by atoms with Gasteiger partial charge in [0.15, 0.2) is 12.2 Å². The summed E-state index contributed by atoms with van der Waals surface area (Å²) >= 11 is 0. The number of hydrogen-bond donors (Lipinski definition) is 3. The molecule has 0 saturated carbocycles. The van der Waals surface area contributed by atoms with E-state index in [0.717, 1.165) is 115 Å². The van der Waals surface area contributed by atoms with Gasteiger partial charge in [0.25, 0.3) is 0 Å². The van der Waals surface area contributed by atoms with Gasteiger partial charge in [-0.25, -0.2) is 9.13 Å². The second-order valence-corrected chi connectivity index (χ2v) is 26.1. The zero-order chi connectivity index (χ0) is 60.1. The molecule has 6 atom stereocenters. The van der Waals surface area contributed by atoms with Gasteiger partial charge in [-0.05, 0) is 37.5 Å². The summed E-state index contributed by atoms with van der Waals surface area (Å²) < 4.78 is 67.7. The molecule has 0 aromatic heterocycles. The second-order valence-electron chi connectivity index (χ2n) is 23.2. The van der Waals surface area contributed by atoms with E-state index >= 15 is 0 Å². The number of rotatable bonds is 61. The molecule has 0 spiro atoms. The molecule has 0 aromatic rings. The van der Waals surface area contributed by atoms with E-state index in [9.17, 15) is 43.2 Å². The van der Waals surface area contributed by atoms with Gasteiger partial charge in [-0.1, -0.05) is 253 Å². The highest BCUT2D eigenvalue weighted by atomic mass is 31.2. The Labute approximate surface area is 492 Å². The highest BCUT2D eigenvalue weighted by molar-refractivity contribution is 7.47. The van der Waals surface area contributed by atoms with Crippen LogP contribution in [0.5, 0.6) is 0 Å². The van der Waals surface area contributed by atoms with E-state index in [1.807, 2.05) is 0 Å². The van der Waals surface area contributed by atoms with Crippen LogP contribution in [0.3, 0.4) is 0 Å². The lowest BCUT2D eigenvalue weighted by molar-refractivity contribution is -0.161. The first-order valence-electron chi connectivity index (χ1n) is 32.5. The summed E-state index contributed by atoms with van der Waals surface area (Å²) in [6.45, 7) is 9.39. The van der Waals surface area contributed by atoms with E-state index in [0.29, 0.717) is 25.7 Å². The maximum absolute atomic E-state index is 13.0. The molecule has 0 aromatic carbocycles. The van der Waals surface area contributed by atoms with Crippen molar-refractivity contribution in [2.24, 2.45) is 11.8 Å². The predicted molar refractivity (Wildman–Crippen MR) is 321 cm³/mol. The van der Waals surface area contributed by atoms with Crippen molar-refractivity contribution in [2.45, 2.75) is 323 Å². The van der Waals surface area contributed by atoms with Crippen molar-refractivity contribution in [2.75, 3.05) is 39.6 Å². The van der Waals surface area contributed by atoms with Crippen LogP contribution in [-0.2, 0) is 65.4 Å². The lowest BCUT2D eigenvalue weighted by atomic mass is 9.99. The molecular weight excluding hydrogens is 1080 g/mol. The fraction of sp³-hybridized carbons (Fsp3) is 0.935. The molecule has 0 radical (unpaired) electrons. The van der Waals surface area contributed by atoms with Gasteiger partial charge >= 0.3 is 39.5 Å². The zero-order valence-corrected chi connectivity index (χ0v) is 53.9. The van der Waals surface area contributed by atoms with Crippen molar-refractivity contribution in [1.82, 2.24) is 0 Å². The molecule has 0 fully saturated rings. The Kier molecular flexibility index (Phi) is 53.4. The summed E-state index contributed by atoms with van der Waals surface area (Å²) in [6, 6.07) is 0. The lowest BCUT2D eigenvalue weighted by Gasteiger charge is -2.21. The molecule has 0 heterocycles. The summed E-state index contributed by atoms with van der Waals surface area (Å²) in [5, 5.41) is 10.5.